The molecule has 3 rings (SSSR count). The molecule has 0 bridgehead atoms. The highest BCUT2D eigenvalue weighted by Gasteiger charge is 2.12. The zero-order valence-electron chi connectivity index (χ0n) is 13.1. The Labute approximate surface area is 151 Å². The summed E-state index contributed by atoms with van der Waals surface area (Å²) < 4.78 is 5.54. The first kappa shape index (κ1) is 17.1. The first-order valence-electron chi connectivity index (χ1n) is 7.14. The summed E-state index contributed by atoms with van der Waals surface area (Å²) in [5.74, 6) is 0.152. The number of carbonyl (C=O) groups excluding carboxylic acids is 2. The van der Waals surface area contributed by atoms with Gasteiger partial charge in [0.05, 0.1) is 5.75 Å². The highest BCUT2D eigenvalue weighted by molar-refractivity contribution is 7.99. The third-order valence-corrected chi connectivity index (χ3v) is 4.37. The van der Waals surface area contributed by atoms with Crippen LogP contribution in [0.3, 0.4) is 0 Å². The first-order valence-corrected chi connectivity index (χ1v) is 9.00. The van der Waals surface area contributed by atoms with Crippen molar-refractivity contribution >= 4 is 45.7 Å². The fourth-order valence-corrected chi connectivity index (χ4v) is 2.96. The second-order valence-corrected chi connectivity index (χ2v) is 6.63. The maximum Gasteiger partial charge on any atom is 0.277 e. The van der Waals surface area contributed by atoms with Crippen molar-refractivity contribution in [2.24, 2.45) is 0 Å². The predicted molar refractivity (Wildman–Crippen MR) is 95.5 cm³/mol. The van der Waals surface area contributed by atoms with E-state index >= 15 is 0 Å². The molecule has 2 heterocycles. The third kappa shape index (κ3) is 4.88. The Kier molecular flexibility index (Phi) is 5.41. The van der Waals surface area contributed by atoms with Gasteiger partial charge in [0, 0.05) is 29.8 Å². The molecular weight excluding hydrogens is 362 g/mol. The van der Waals surface area contributed by atoms with E-state index in [2.05, 4.69) is 25.8 Å². The minimum absolute atomic E-state index is 0.139. The fraction of sp³-hybridized carbons (Fsp3) is 0.133. The third-order valence-electron chi connectivity index (χ3n) is 2.86. The number of thioether (sulfide) groups is 1. The Morgan fingerprint density at radius 3 is 2.68 bits per heavy atom. The van der Waals surface area contributed by atoms with Crippen molar-refractivity contribution in [3.63, 3.8) is 0 Å². The average molecular weight is 375 g/mol. The maximum atomic E-state index is 11.8. The van der Waals surface area contributed by atoms with Crippen LogP contribution < -0.4 is 10.6 Å². The summed E-state index contributed by atoms with van der Waals surface area (Å²) in [5, 5.41) is 15.9. The van der Waals surface area contributed by atoms with Crippen molar-refractivity contribution in [3.8, 4) is 11.5 Å². The van der Waals surface area contributed by atoms with Crippen molar-refractivity contribution in [1.82, 2.24) is 15.2 Å². The molecule has 0 radical (unpaired) electrons. The number of thiazole rings is 1. The van der Waals surface area contributed by atoms with Gasteiger partial charge in [0.15, 0.2) is 5.13 Å². The summed E-state index contributed by atoms with van der Waals surface area (Å²) >= 11 is 2.49. The SMILES string of the molecule is CC(=O)Nc1ccc(-c2nnc(SCC(=O)Nc3nccs3)o2)cc1. The number of aromatic nitrogens is 3. The largest absolute Gasteiger partial charge is 0.411 e. The Hall–Kier alpha value is -2.72. The van der Waals surface area contributed by atoms with Crippen LogP contribution in [0.5, 0.6) is 0 Å². The molecule has 0 spiro atoms. The number of nitrogens with one attached hydrogen (secondary N) is 2. The number of rotatable bonds is 6. The van der Waals surface area contributed by atoms with Crippen LogP contribution in [-0.4, -0.2) is 32.7 Å². The molecule has 0 fully saturated rings. The minimum Gasteiger partial charge on any atom is -0.411 e. The number of carbonyl (C=O) groups is 2. The van der Waals surface area contributed by atoms with Gasteiger partial charge in [0.2, 0.25) is 17.7 Å². The van der Waals surface area contributed by atoms with E-state index in [0.29, 0.717) is 21.9 Å². The summed E-state index contributed by atoms with van der Waals surface area (Å²) in [5.41, 5.74) is 1.41. The van der Waals surface area contributed by atoms with Crippen molar-refractivity contribution in [3.05, 3.63) is 35.8 Å². The molecule has 2 N–H and O–H groups in total. The summed E-state index contributed by atoms with van der Waals surface area (Å²) in [6.07, 6.45) is 1.62. The summed E-state index contributed by atoms with van der Waals surface area (Å²) in [6.45, 7) is 1.44. The Morgan fingerprint density at radius 2 is 2.00 bits per heavy atom. The van der Waals surface area contributed by atoms with Gasteiger partial charge in [0.1, 0.15) is 0 Å². The molecule has 8 nitrogen and oxygen atoms in total. The predicted octanol–water partition coefficient (Wildman–Crippen LogP) is 2.88. The van der Waals surface area contributed by atoms with Crippen LogP contribution >= 0.6 is 23.1 Å². The lowest BCUT2D eigenvalue weighted by Gasteiger charge is -2.01. The molecule has 0 saturated carbocycles. The van der Waals surface area contributed by atoms with Crippen LogP contribution in [0, 0.1) is 0 Å². The topological polar surface area (TPSA) is 110 Å². The molecule has 2 amide bonds. The number of hydrogen-bond acceptors (Lipinski definition) is 8. The average Bonchev–Trinajstić information content (AvgIpc) is 3.25. The lowest BCUT2D eigenvalue weighted by atomic mass is 10.2. The molecule has 128 valence electrons. The van der Waals surface area contributed by atoms with E-state index in [1.165, 1.54) is 18.3 Å². The lowest BCUT2D eigenvalue weighted by Crippen LogP contribution is -2.13. The Morgan fingerprint density at radius 1 is 1.20 bits per heavy atom. The highest BCUT2D eigenvalue weighted by atomic mass is 32.2. The molecule has 3 aromatic rings. The quantitative estimate of drug-likeness (QED) is 0.637. The van der Waals surface area contributed by atoms with Gasteiger partial charge in [0.25, 0.3) is 5.22 Å². The van der Waals surface area contributed by atoms with Crippen LogP contribution in [-0.2, 0) is 9.59 Å². The van der Waals surface area contributed by atoms with Crippen LogP contribution in [0.15, 0.2) is 45.5 Å². The van der Waals surface area contributed by atoms with Crippen molar-refractivity contribution in [2.75, 3.05) is 16.4 Å². The van der Waals surface area contributed by atoms with E-state index in [1.54, 1.807) is 35.8 Å². The fourth-order valence-electron chi connectivity index (χ4n) is 1.85. The van der Waals surface area contributed by atoms with E-state index in [-0.39, 0.29) is 17.6 Å². The Bertz CT molecular complexity index is 862. The van der Waals surface area contributed by atoms with Gasteiger partial charge < -0.3 is 15.1 Å². The van der Waals surface area contributed by atoms with Gasteiger partial charge in [-0.25, -0.2) is 4.98 Å². The van der Waals surface area contributed by atoms with E-state index in [9.17, 15) is 9.59 Å². The molecule has 0 saturated heterocycles. The summed E-state index contributed by atoms with van der Waals surface area (Å²) in [7, 11) is 0. The van der Waals surface area contributed by atoms with Crippen LogP contribution in [0.25, 0.3) is 11.5 Å². The smallest absolute Gasteiger partial charge is 0.277 e. The van der Waals surface area contributed by atoms with Crippen molar-refractivity contribution < 1.29 is 14.0 Å². The molecule has 0 aliphatic carbocycles. The Balaban J connectivity index is 1.56. The lowest BCUT2D eigenvalue weighted by molar-refractivity contribution is -0.114. The number of hydrogen-bond donors (Lipinski definition) is 2. The first-order chi connectivity index (χ1) is 12.1. The van der Waals surface area contributed by atoms with E-state index in [0.717, 1.165) is 17.3 Å². The van der Waals surface area contributed by atoms with Gasteiger partial charge >= 0.3 is 0 Å². The second-order valence-electron chi connectivity index (χ2n) is 4.81. The van der Waals surface area contributed by atoms with Crippen LogP contribution in [0.2, 0.25) is 0 Å². The normalized spacial score (nSPS) is 10.4. The van der Waals surface area contributed by atoms with Gasteiger partial charge in [-0.2, -0.15) is 0 Å². The zero-order chi connectivity index (χ0) is 17.6. The highest BCUT2D eigenvalue weighted by Crippen LogP contribution is 2.24. The zero-order valence-corrected chi connectivity index (χ0v) is 14.7. The van der Waals surface area contributed by atoms with Gasteiger partial charge in [-0.05, 0) is 24.3 Å². The van der Waals surface area contributed by atoms with Gasteiger partial charge in [-0.3, -0.25) is 9.59 Å². The molecular formula is C15H13N5O3S2. The van der Waals surface area contributed by atoms with Crippen molar-refractivity contribution in [1.29, 1.82) is 0 Å². The molecule has 10 heteroatoms. The molecule has 0 unspecified atom stereocenters. The standard InChI is InChI=1S/C15H13N5O3S2/c1-9(21)17-11-4-2-10(3-5-11)13-19-20-15(23-13)25-8-12(22)18-14-16-6-7-24-14/h2-7H,8H2,1H3,(H,17,21)(H,16,18,22). The van der Waals surface area contributed by atoms with Crippen LogP contribution in [0.1, 0.15) is 6.92 Å². The molecule has 0 aliphatic heterocycles. The maximum absolute atomic E-state index is 11.8. The molecule has 1 aromatic carbocycles. The minimum atomic E-state index is -0.195. The van der Waals surface area contributed by atoms with Gasteiger partial charge in [-0.1, -0.05) is 11.8 Å². The van der Waals surface area contributed by atoms with E-state index in [4.69, 9.17) is 4.42 Å². The molecule has 0 aliphatic rings. The number of amides is 2. The number of anilines is 2. The summed E-state index contributed by atoms with van der Waals surface area (Å²) in [4.78, 5) is 26.8. The second kappa shape index (κ2) is 7.90. The monoisotopic (exact) mass is 375 g/mol. The number of nitrogens with zero attached hydrogens (tertiary/aromatic N) is 3. The van der Waals surface area contributed by atoms with Crippen LogP contribution in [0.4, 0.5) is 10.8 Å². The van der Waals surface area contributed by atoms with Crippen molar-refractivity contribution in [2.45, 2.75) is 12.1 Å². The van der Waals surface area contributed by atoms with Gasteiger partial charge in [-0.15, -0.1) is 21.5 Å². The number of benzene rings is 1. The molecule has 0 atom stereocenters. The summed E-state index contributed by atoms with van der Waals surface area (Å²) in [6, 6.07) is 7.02. The molecule has 25 heavy (non-hydrogen) atoms. The van der Waals surface area contributed by atoms with E-state index in [1.807, 2.05) is 0 Å². The molecule has 2 aromatic heterocycles. The van der Waals surface area contributed by atoms with E-state index < -0.39 is 0 Å².